The zero-order valence-electron chi connectivity index (χ0n) is 10.4. The summed E-state index contributed by atoms with van der Waals surface area (Å²) in [5.41, 5.74) is 0. The molecule has 0 N–H and O–H groups in total. The van der Waals surface area contributed by atoms with Crippen molar-refractivity contribution in [1.82, 2.24) is 13.6 Å². The predicted molar refractivity (Wildman–Crippen MR) is 69.4 cm³/mol. The van der Waals surface area contributed by atoms with Crippen molar-refractivity contribution in [3.05, 3.63) is 24.5 Å². The minimum atomic E-state index is -3.58. The zero-order chi connectivity index (χ0) is 14.1. The lowest BCUT2D eigenvalue weighted by molar-refractivity contribution is 0.274. The van der Waals surface area contributed by atoms with Crippen molar-refractivity contribution in [2.45, 2.75) is 4.90 Å². The number of rotatable bonds is 3. The monoisotopic (exact) mass is 305 g/mol. The molecule has 0 bridgehead atoms. The van der Waals surface area contributed by atoms with Gasteiger partial charge in [0, 0.05) is 38.6 Å². The van der Waals surface area contributed by atoms with Gasteiger partial charge in [0.2, 0.25) is 20.0 Å². The second kappa shape index (κ2) is 5.16. The van der Waals surface area contributed by atoms with E-state index >= 15 is 0 Å². The maximum Gasteiger partial charge on any atom is 0.244 e. The van der Waals surface area contributed by atoms with Gasteiger partial charge in [-0.25, -0.2) is 16.8 Å². The van der Waals surface area contributed by atoms with Crippen LogP contribution in [0.3, 0.4) is 0 Å². The van der Waals surface area contributed by atoms with E-state index in [-0.39, 0.29) is 31.1 Å². The van der Waals surface area contributed by atoms with E-state index in [9.17, 15) is 16.8 Å². The molecule has 9 heteroatoms. The molecule has 0 spiro atoms. The summed E-state index contributed by atoms with van der Waals surface area (Å²) >= 11 is 0. The molecule has 19 heavy (non-hydrogen) atoms. The van der Waals surface area contributed by atoms with E-state index < -0.39 is 20.0 Å². The maximum atomic E-state index is 12.3. The topological polar surface area (TPSA) is 87.7 Å². The fourth-order valence-electron chi connectivity index (χ4n) is 1.89. The van der Waals surface area contributed by atoms with Gasteiger partial charge in [0.1, 0.15) is 4.90 Å². The van der Waals surface area contributed by atoms with Crippen molar-refractivity contribution in [2.24, 2.45) is 0 Å². The third kappa shape index (κ3) is 3.11. The highest BCUT2D eigenvalue weighted by atomic mass is 32.2. The van der Waals surface area contributed by atoms with Crippen LogP contribution in [0.15, 0.2) is 29.4 Å². The third-order valence-electron chi connectivity index (χ3n) is 2.94. The molecule has 2 rings (SSSR count). The van der Waals surface area contributed by atoms with Crippen molar-refractivity contribution in [1.29, 1.82) is 0 Å². The molecule has 1 aromatic heterocycles. The molecule has 106 valence electrons. The van der Waals surface area contributed by atoms with Crippen LogP contribution >= 0.6 is 0 Å². The molecule has 1 fully saturated rings. The van der Waals surface area contributed by atoms with Crippen LogP contribution in [0.5, 0.6) is 0 Å². The summed E-state index contributed by atoms with van der Waals surface area (Å²) < 4.78 is 49.8. The molecule has 1 aliphatic rings. The number of sulfonamides is 2. The molecule has 0 aromatic carbocycles. The Labute approximate surface area is 113 Å². The number of nitrogens with zero attached hydrogens (tertiary/aromatic N) is 3. The number of hydrogen-bond donors (Lipinski definition) is 0. The van der Waals surface area contributed by atoms with Gasteiger partial charge in [0.25, 0.3) is 0 Å². The van der Waals surface area contributed by atoms with Crippen molar-refractivity contribution in [2.75, 3.05) is 32.4 Å². The quantitative estimate of drug-likeness (QED) is 0.740. The molecule has 2 heterocycles. The summed E-state index contributed by atoms with van der Waals surface area (Å²) in [6, 6.07) is 3.03. The van der Waals surface area contributed by atoms with E-state index in [4.69, 9.17) is 0 Å². The van der Waals surface area contributed by atoms with Gasteiger partial charge >= 0.3 is 0 Å². The van der Waals surface area contributed by atoms with Gasteiger partial charge in [-0.2, -0.15) is 8.61 Å². The molecule has 0 aliphatic carbocycles. The summed E-state index contributed by atoms with van der Waals surface area (Å²) in [5, 5.41) is 0. The van der Waals surface area contributed by atoms with Gasteiger partial charge in [-0.15, -0.1) is 0 Å². The van der Waals surface area contributed by atoms with Gasteiger partial charge < -0.3 is 0 Å². The number of pyridine rings is 1. The first kappa shape index (κ1) is 14.4. The van der Waals surface area contributed by atoms with Crippen molar-refractivity contribution in [3.8, 4) is 0 Å². The molecule has 0 atom stereocenters. The van der Waals surface area contributed by atoms with Crippen LogP contribution < -0.4 is 0 Å². The van der Waals surface area contributed by atoms with E-state index in [0.717, 1.165) is 6.26 Å². The van der Waals surface area contributed by atoms with Gasteiger partial charge in [-0.1, -0.05) is 0 Å². The molecule has 1 aromatic rings. The van der Waals surface area contributed by atoms with Gasteiger partial charge in [0.15, 0.2) is 0 Å². The Bertz CT molecular complexity index is 635. The third-order valence-corrected chi connectivity index (χ3v) is 6.12. The Balaban J connectivity index is 2.14. The van der Waals surface area contributed by atoms with Crippen molar-refractivity contribution < 1.29 is 16.8 Å². The van der Waals surface area contributed by atoms with Crippen molar-refractivity contribution >= 4 is 20.0 Å². The highest BCUT2D eigenvalue weighted by Crippen LogP contribution is 2.17. The van der Waals surface area contributed by atoms with Crippen LogP contribution in [0.2, 0.25) is 0 Å². The summed E-state index contributed by atoms with van der Waals surface area (Å²) in [4.78, 5) is 3.92. The van der Waals surface area contributed by atoms with Crippen LogP contribution in [0.25, 0.3) is 0 Å². The second-order valence-corrected chi connectivity index (χ2v) is 8.18. The SMILES string of the molecule is CS(=O)(=O)N1CCN(S(=O)(=O)c2cccnc2)CC1. The first-order chi connectivity index (χ1) is 8.82. The predicted octanol–water partition coefficient (Wildman–Crippen LogP) is -0.652. The van der Waals surface area contributed by atoms with Crippen LogP contribution in [-0.2, 0) is 20.0 Å². The molecular formula is C10H15N3O4S2. The molecular weight excluding hydrogens is 290 g/mol. The van der Waals surface area contributed by atoms with Crippen LogP contribution in [-0.4, -0.2) is 62.9 Å². The first-order valence-electron chi connectivity index (χ1n) is 5.67. The summed E-state index contributed by atoms with van der Waals surface area (Å²) in [6.07, 6.45) is 3.91. The number of hydrogen-bond acceptors (Lipinski definition) is 5. The molecule has 0 radical (unpaired) electrons. The lowest BCUT2D eigenvalue weighted by atomic mass is 10.4. The minimum Gasteiger partial charge on any atom is -0.263 e. The highest BCUT2D eigenvalue weighted by Gasteiger charge is 2.31. The Kier molecular flexibility index (Phi) is 3.90. The molecule has 7 nitrogen and oxygen atoms in total. The van der Waals surface area contributed by atoms with Gasteiger partial charge in [0.05, 0.1) is 6.26 Å². The van der Waals surface area contributed by atoms with E-state index in [1.54, 1.807) is 6.07 Å². The van der Waals surface area contributed by atoms with E-state index in [0.29, 0.717) is 0 Å². The van der Waals surface area contributed by atoms with Gasteiger partial charge in [-0.3, -0.25) is 4.98 Å². The molecule has 1 saturated heterocycles. The lowest BCUT2D eigenvalue weighted by Gasteiger charge is -2.32. The number of piperazine rings is 1. The Morgan fingerprint density at radius 2 is 1.63 bits per heavy atom. The van der Waals surface area contributed by atoms with Crippen molar-refractivity contribution in [3.63, 3.8) is 0 Å². The fraction of sp³-hybridized carbons (Fsp3) is 0.500. The number of aromatic nitrogens is 1. The summed E-state index contributed by atoms with van der Waals surface area (Å²) in [5.74, 6) is 0. The summed E-state index contributed by atoms with van der Waals surface area (Å²) in [7, 11) is -6.84. The molecule has 0 saturated carbocycles. The zero-order valence-corrected chi connectivity index (χ0v) is 12.1. The van der Waals surface area contributed by atoms with E-state index in [1.165, 1.54) is 27.1 Å². The smallest absolute Gasteiger partial charge is 0.244 e. The van der Waals surface area contributed by atoms with Crippen LogP contribution in [0.1, 0.15) is 0 Å². The van der Waals surface area contributed by atoms with Gasteiger partial charge in [-0.05, 0) is 12.1 Å². The maximum absolute atomic E-state index is 12.3. The fourth-order valence-corrected chi connectivity index (χ4v) is 4.10. The summed E-state index contributed by atoms with van der Waals surface area (Å²) in [6.45, 7) is 0.672. The van der Waals surface area contributed by atoms with E-state index in [2.05, 4.69) is 4.98 Å². The van der Waals surface area contributed by atoms with Crippen LogP contribution in [0.4, 0.5) is 0 Å². The standard InChI is InChI=1S/C10H15N3O4S2/c1-18(14,15)12-5-7-13(8-6-12)19(16,17)10-3-2-4-11-9-10/h2-4,9H,5-8H2,1H3. The normalized spacial score (nSPS) is 19.4. The first-order valence-corrected chi connectivity index (χ1v) is 8.96. The Morgan fingerprint density at radius 1 is 1.05 bits per heavy atom. The Hall–Kier alpha value is -1.03. The molecule has 0 unspecified atom stereocenters. The average molecular weight is 305 g/mol. The Morgan fingerprint density at radius 3 is 2.11 bits per heavy atom. The lowest BCUT2D eigenvalue weighted by Crippen LogP contribution is -2.50. The largest absolute Gasteiger partial charge is 0.263 e. The average Bonchev–Trinajstić information content (AvgIpc) is 2.39. The van der Waals surface area contributed by atoms with E-state index in [1.807, 2.05) is 0 Å². The second-order valence-electron chi connectivity index (χ2n) is 4.25. The highest BCUT2D eigenvalue weighted by molar-refractivity contribution is 7.89. The molecule has 0 amide bonds. The van der Waals surface area contributed by atoms with Crippen LogP contribution in [0, 0.1) is 0 Å². The molecule has 1 aliphatic heterocycles. The minimum absolute atomic E-state index is 0.128.